The molecule has 0 aromatic carbocycles. The molecule has 0 bridgehead atoms. The summed E-state index contributed by atoms with van der Waals surface area (Å²) in [5.74, 6) is 0. The van der Waals surface area contributed by atoms with Crippen molar-refractivity contribution in [3.8, 4) is 0 Å². The van der Waals surface area contributed by atoms with Crippen LogP contribution in [-0.4, -0.2) is 6.09 Å². The molecule has 0 saturated heterocycles. The lowest BCUT2D eigenvalue weighted by Gasteiger charge is -1.97. The highest BCUT2D eigenvalue weighted by molar-refractivity contribution is 9.11. The summed E-state index contributed by atoms with van der Waals surface area (Å²) in [4.78, 5) is 11.0. The summed E-state index contributed by atoms with van der Waals surface area (Å²) >= 11 is 10.4. The van der Waals surface area contributed by atoms with Crippen LogP contribution in [0.2, 0.25) is 5.02 Å². The van der Waals surface area contributed by atoms with Crippen molar-refractivity contribution in [3.63, 3.8) is 0 Å². The number of ether oxygens (including phenoxy) is 1. The fourth-order valence-electron chi connectivity index (χ4n) is 0.611. The zero-order valence-corrected chi connectivity index (χ0v) is 9.00. The Balaban J connectivity index is 2.62. The third kappa shape index (κ3) is 2.66. The smallest absolute Gasteiger partial charge is 0.404 e. The number of halogens is 2. The molecule has 1 aromatic rings. The number of hydrogen-bond acceptors (Lipinski definition) is 3. The first kappa shape index (κ1) is 9.83. The fraction of sp³-hybridized carbons (Fsp3) is 0.167. The van der Waals surface area contributed by atoms with Crippen molar-refractivity contribution in [2.45, 2.75) is 6.61 Å². The second-order valence-electron chi connectivity index (χ2n) is 1.93. The predicted octanol–water partition coefficient (Wildman–Crippen LogP) is 2.76. The summed E-state index contributed by atoms with van der Waals surface area (Å²) in [7, 11) is 0. The van der Waals surface area contributed by atoms with Gasteiger partial charge in [-0.3, -0.25) is 0 Å². The molecule has 1 heterocycles. The molecule has 1 rings (SSSR count). The molecule has 1 aromatic heterocycles. The fourth-order valence-corrected chi connectivity index (χ4v) is 2.59. The lowest BCUT2D eigenvalue weighted by molar-refractivity contribution is 0.151. The molecule has 1 amide bonds. The van der Waals surface area contributed by atoms with Gasteiger partial charge in [-0.05, 0) is 22.0 Å². The van der Waals surface area contributed by atoms with E-state index in [0.717, 1.165) is 8.66 Å². The van der Waals surface area contributed by atoms with Crippen molar-refractivity contribution in [3.05, 3.63) is 19.8 Å². The van der Waals surface area contributed by atoms with Gasteiger partial charge in [-0.1, -0.05) is 11.6 Å². The van der Waals surface area contributed by atoms with E-state index in [1.54, 1.807) is 6.07 Å². The number of carbonyl (C=O) groups excluding carboxylic acids is 1. The third-order valence-electron chi connectivity index (χ3n) is 1.07. The Bertz CT molecular complexity index is 302. The Labute approximate surface area is 86.6 Å². The largest absolute Gasteiger partial charge is 0.444 e. The van der Waals surface area contributed by atoms with Gasteiger partial charge in [0.1, 0.15) is 6.61 Å². The van der Waals surface area contributed by atoms with Gasteiger partial charge >= 0.3 is 6.09 Å². The van der Waals surface area contributed by atoms with Gasteiger partial charge in [0, 0.05) is 0 Å². The maximum Gasteiger partial charge on any atom is 0.404 e. The topological polar surface area (TPSA) is 52.3 Å². The average molecular weight is 271 g/mol. The SMILES string of the molecule is NC(=O)OCc1sc(Br)cc1Cl. The van der Waals surface area contributed by atoms with Gasteiger partial charge < -0.3 is 10.5 Å². The van der Waals surface area contributed by atoms with Crippen LogP contribution >= 0.6 is 38.9 Å². The van der Waals surface area contributed by atoms with Crippen molar-refractivity contribution in [1.82, 2.24) is 0 Å². The van der Waals surface area contributed by atoms with Gasteiger partial charge in [-0.2, -0.15) is 0 Å². The summed E-state index contributed by atoms with van der Waals surface area (Å²) in [5, 5.41) is 0.577. The van der Waals surface area contributed by atoms with Gasteiger partial charge in [0.25, 0.3) is 0 Å². The number of nitrogens with two attached hydrogens (primary N) is 1. The van der Waals surface area contributed by atoms with E-state index in [1.165, 1.54) is 11.3 Å². The second-order valence-corrected chi connectivity index (χ2v) is 4.85. The Kier molecular flexibility index (Phi) is 3.37. The Morgan fingerprint density at radius 3 is 2.92 bits per heavy atom. The summed E-state index contributed by atoms with van der Waals surface area (Å²) < 4.78 is 5.46. The second kappa shape index (κ2) is 4.11. The van der Waals surface area contributed by atoms with Crippen LogP contribution in [0.25, 0.3) is 0 Å². The predicted molar refractivity (Wildman–Crippen MR) is 51.4 cm³/mol. The number of primary amides is 1. The van der Waals surface area contributed by atoms with Crippen molar-refractivity contribution in [2.75, 3.05) is 0 Å². The van der Waals surface area contributed by atoms with E-state index in [2.05, 4.69) is 20.7 Å². The maximum atomic E-state index is 10.2. The van der Waals surface area contributed by atoms with Gasteiger partial charge in [0.05, 0.1) is 13.7 Å². The summed E-state index contributed by atoms with van der Waals surface area (Å²) in [5.41, 5.74) is 4.79. The first-order valence-corrected chi connectivity index (χ1v) is 4.94. The van der Waals surface area contributed by atoms with Crippen LogP contribution in [0, 0.1) is 0 Å². The highest BCUT2D eigenvalue weighted by Gasteiger charge is 2.06. The van der Waals surface area contributed by atoms with E-state index in [-0.39, 0.29) is 6.61 Å². The van der Waals surface area contributed by atoms with E-state index < -0.39 is 6.09 Å². The minimum atomic E-state index is -0.796. The quantitative estimate of drug-likeness (QED) is 0.898. The van der Waals surface area contributed by atoms with Crippen LogP contribution in [0.5, 0.6) is 0 Å². The van der Waals surface area contributed by atoms with E-state index in [9.17, 15) is 4.79 Å². The van der Waals surface area contributed by atoms with Crippen molar-refractivity contribution >= 4 is 45.0 Å². The normalized spacial score (nSPS) is 9.83. The maximum absolute atomic E-state index is 10.2. The highest BCUT2D eigenvalue weighted by Crippen LogP contribution is 2.31. The molecule has 0 spiro atoms. The minimum absolute atomic E-state index is 0.129. The lowest BCUT2D eigenvalue weighted by Crippen LogP contribution is -2.12. The van der Waals surface area contributed by atoms with Crippen LogP contribution in [-0.2, 0) is 11.3 Å². The van der Waals surface area contributed by atoms with Crippen molar-refractivity contribution in [1.29, 1.82) is 0 Å². The highest BCUT2D eigenvalue weighted by atomic mass is 79.9. The van der Waals surface area contributed by atoms with Gasteiger partial charge in [0.15, 0.2) is 0 Å². The molecule has 0 unspecified atom stereocenters. The zero-order chi connectivity index (χ0) is 9.14. The molecular formula is C6H5BrClNO2S. The summed E-state index contributed by atoms with van der Waals surface area (Å²) in [6.45, 7) is 0.129. The Hall–Kier alpha value is -0.260. The molecule has 0 atom stereocenters. The zero-order valence-electron chi connectivity index (χ0n) is 5.84. The number of amides is 1. The monoisotopic (exact) mass is 269 g/mol. The molecule has 0 aliphatic heterocycles. The molecule has 6 heteroatoms. The number of carbonyl (C=O) groups is 1. The van der Waals surface area contributed by atoms with Gasteiger partial charge in [-0.25, -0.2) is 4.79 Å². The van der Waals surface area contributed by atoms with Crippen LogP contribution in [0.3, 0.4) is 0 Å². The Morgan fingerprint density at radius 2 is 2.50 bits per heavy atom. The van der Waals surface area contributed by atoms with E-state index >= 15 is 0 Å². The molecule has 0 radical (unpaired) electrons. The van der Waals surface area contributed by atoms with E-state index in [1.807, 2.05) is 0 Å². The summed E-state index contributed by atoms with van der Waals surface area (Å²) in [6, 6.07) is 1.74. The molecule has 0 aliphatic rings. The lowest BCUT2D eigenvalue weighted by atomic mass is 10.5. The molecule has 0 aliphatic carbocycles. The number of rotatable bonds is 2. The summed E-state index contributed by atoms with van der Waals surface area (Å²) in [6.07, 6.45) is -0.796. The molecule has 2 N–H and O–H groups in total. The minimum Gasteiger partial charge on any atom is -0.444 e. The molecule has 0 fully saturated rings. The average Bonchev–Trinajstić information content (AvgIpc) is 2.26. The first-order valence-electron chi connectivity index (χ1n) is 2.95. The molecule has 66 valence electrons. The van der Waals surface area contributed by atoms with E-state index in [0.29, 0.717) is 5.02 Å². The van der Waals surface area contributed by atoms with Crippen LogP contribution in [0.4, 0.5) is 4.79 Å². The Morgan fingerprint density at radius 1 is 1.83 bits per heavy atom. The van der Waals surface area contributed by atoms with Crippen LogP contribution in [0.1, 0.15) is 4.88 Å². The van der Waals surface area contributed by atoms with Crippen molar-refractivity contribution < 1.29 is 9.53 Å². The van der Waals surface area contributed by atoms with Gasteiger partial charge in [-0.15, -0.1) is 11.3 Å². The van der Waals surface area contributed by atoms with E-state index in [4.69, 9.17) is 17.3 Å². The standard InChI is InChI=1S/C6H5BrClNO2S/c7-5-1-3(8)4(12-5)2-11-6(9)10/h1H,2H2,(H2,9,10). The molecular weight excluding hydrogens is 265 g/mol. The first-order chi connectivity index (χ1) is 5.59. The van der Waals surface area contributed by atoms with Crippen LogP contribution < -0.4 is 5.73 Å². The van der Waals surface area contributed by atoms with Gasteiger partial charge in [0.2, 0.25) is 0 Å². The molecule has 12 heavy (non-hydrogen) atoms. The number of hydrogen-bond donors (Lipinski definition) is 1. The van der Waals surface area contributed by atoms with Crippen LogP contribution in [0.15, 0.2) is 9.85 Å². The van der Waals surface area contributed by atoms with Crippen molar-refractivity contribution in [2.24, 2.45) is 5.73 Å². The number of thiophene rings is 1. The third-order valence-corrected chi connectivity index (χ3v) is 3.13. The molecule has 3 nitrogen and oxygen atoms in total. The molecule has 0 saturated carbocycles.